The Bertz CT molecular complexity index is 912. The number of hydrogen-bond donors (Lipinski definition) is 1. The highest BCUT2D eigenvalue weighted by Gasteiger charge is 2.16. The summed E-state index contributed by atoms with van der Waals surface area (Å²) in [6.07, 6.45) is 3.44. The largest absolute Gasteiger partial charge is 0.351 e. The number of amides is 1. The zero-order valence-corrected chi connectivity index (χ0v) is 16.6. The van der Waals surface area contributed by atoms with Crippen LogP contribution >= 0.6 is 11.8 Å². The minimum atomic E-state index is -0.292. The van der Waals surface area contributed by atoms with Crippen molar-refractivity contribution in [2.75, 3.05) is 5.75 Å². The number of aromatic nitrogens is 4. The SMILES string of the molecule is CC(C)Cn1c(SCC(=O)NCc2ccc(F)cc2)nnc1-c1ccncc1. The summed E-state index contributed by atoms with van der Waals surface area (Å²) in [5, 5.41) is 12.1. The van der Waals surface area contributed by atoms with Crippen molar-refractivity contribution in [2.24, 2.45) is 5.92 Å². The van der Waals surface area contributed by atoms with Crippen molar-refractivity contribution in [1.29, 1.82) is 0 Å². The van der Waals surface area contributed by atoms with Crippen LogP contribution in [0.3, 0.4) is 0 Å². The molecule has 0 bridgehead atoms. The van der Waals surface area contributed by atoms with E-state index in [4.69, 9.17) is 0 Å². The third kappa shape index (κ3) is 5.39. The lowest BCUT2D eigenvalue weighted by Gasteiger charge is -2.12. The fourth-order valence-electron chi connectivity index (χ4n) is 2.62. The van der Waals surface area contributed by atoms with Crippen LogP contribution in [0, 0.1) is 11.7 Å². The minimum absolute atomic E-state index is 0.112. The lowest BCUT2D eigenvalue weighted by atomic mass is 10.2. The smallest absolute Gasteiger partial charge is 0.230 e. The quantitative estimate of drug-likeness (QED) is 0.587. The van der Waals surface area contributed by atoms with Crippen LogP contribution in [0.2, 0.25) is 0 Å². The molecule has 0 radical (unpaired) electrons. The number of nitrogens with one attached hydrogen (secondary N) is 1. The molecule has 0 aliphatic rings. The molecule has 0 unspecified atom stereocenters. The molecule has 3 rings (SSSR count). The molecule has 2 aromatic heterocycles. The topological polar surface area (TPSA) is 72.7 Å². The first-order valence-electron chi connectivity index (χ1n) is 9.00. The van der Waals surface area contributed by atoms with Gasteiger partial charge >= 0.3 is 0 Å². The normalized spacial score (nSPS) is 11.0. The van der Waals surface area contributed by atoms with Gasteiger partial charge in [-0.25, -0.2) is 4.39 Å². The van der Waals surface area contributed by atoms with Crippen LogP contribution < -0.4 is 5.32 Å². The van der Waals surface area contributed by atoms with Gasteiger partial charge in [-0.2, -0.15) is 0 Å². The van der Waals surface area contributed by atoms with Gasteiger partial charge in [0.25, 0.3) is 0 Å². The Morgan fingerprint density at radius 3 is 2.54 bits per heavy atom. The van der Waals surface area contributed by atoms with E-state index in [1.165, 1.54) is 23.9 Å². The van der Waals surface area contributed by atoms with Crippen molar-refractivity contribution in [3.05, 3.63) is 60.2 Å². The van der Waals surface area contributed by atoms with Crippen molar-refractivity contribution in [1.82, 2.24) is 25.1 Å². The Hall–Kier alpha value is -2.74. The molecule has 0 aliphatic carbocycles. The van der Waals surface area contributed by atoms with E-state index >= 15 is 0 Å². The number of carbonyl (C=O) groups excluding carboxylic acids is 1. The average molecular weight is 399 g/mol. The summed E-state index contributed by atoms with van der Waals surface area (Å²) in [5.74, 6) is 1.00. The summed E-state index contributed by atoms with van der Waals surface area (Å²) < 4.78 is 15.0. The Morgan fingerprint density at radius 1 is 1.14 bits per heavy atom. The maximum atomic E-state index is 12.9. The molecule has 3 aromatic rings. The molecule has 146 valence electrons. The summed E-state index contributed by atoms with van der Waals surface area (Å²) in [7, 11) is 0. The predicted octanol–water partition coefficient (Wildman–Crippen LogP) is 3.54. The van der Waals surface area contributed by atoms with E-state index in [9.17, 15) is 9.18 Å². The number of rotatable bonds is 8. The third-order valence-electron chi connectivity index (χ3n) is 3.94. The van der Waals surface area contributed by atoms with Crippen LogP contribution in [0.25, 0.3) is 11.4 Å². The van der Waals surface area contributed by atoms with Crippen molar-refractivity contribution in [3.8, 4) is 11.4 Å². The van der Waals surface area contributed by atoms with Crippen molar-refractivity contribution in [3.63, 3.8) is 0 Å². The molecule has 0 saturated carbocycles. The number of halogens is 1. The molecule has 8 heteroatoms. The van der Waals surface area contributed by atoms with Gasteiger partial charge in [0, 0.05) is 31.0 Å². The fourth-order valence-corrected chi connectivity index (χ4v) is 3.40. The van der Waals surface area contributed by atoms with Crippen molar-refractivity contribution in [2.45, 2.75) is 32.1 Å². The Balaban J connectivity index is 1.64. The van der Waals surface area contributed by atoms with Gasteiger partial charge in [-0.1, -0.05) is 37.7 Å². The molecule has 0 atom stereocenters. The molecule has 1 aromatic carbocycles. The van der Waals surface area contributed by atoms with Gasteiger partial charge in [-0.3, -0.25) is 9.78 Å². The van der Waals surface area contributed by atoms with Crippen LogP contribution in [-0.4, -0.2) is 31.4 Å². The summed E-state index contributed by atoms with van der Waals surface area (Å²) >= 11 is 1.35. The highest BCUT2D eigenvalue weighted by Crippen LogP contribution is 2.24. The molecule has 0 fully saturated rings. The Labute approximate surface area is 167 Å². The predicted molar refractivity (Wildman–Crippen MR) is 107 cm³/mol. The van der Waals surface area contributed by atoms with Crippen LogP contribution in [0.4, 0.5) is 4.39 Å². The summed E-state index contributed by atoms with van der Waals surface area (Å²) in [4.78, 5) is 16.2. The Kier molecular flexibility index (Phi) is 6.76. The summed E-state index contributed by atoms with van der Waals surface area (Å²) in [6, 6.07) is 9.86. The lowest BCUT2D eigenvalue weighted by molar-refractivity contribution is -0.118. The van der Waals surface area contributed by atoms with Crippen LogP contribution in [-0.2, 0) is 17.9 Å². The minimum Gasteiger partial charge on any atom is -0.351 e. The first-order valence-corrected chi connectivity index (χ1v) is 9.99. The van der Waals surface area contributed by atoms with Crippen LogP contribution in [0.5, 0.6) is 0 Å². The molecule has 6 nitrogen and oxygen atoms in total. The van der Waals surface area contributed by atoms with E-state index in [1.54, 1.807) is 24.5 Å². The van der Waals surface area contributed by atoms with Crippen LogP contribution in [0.15, 0.2) is 53.9 Å². The number of nitrogens with zero attached hydrogens (tertiary/aromatic N) is 4. The van der Waals surface area contributed by atoms with E-state index in [1.807, 2.05) is 16.7 Å². The van der Waals surface area contributed by atoms with E-state index in [0.717, 1.165) is 23.5 Å². The first kappa shape index (κ1) is 20.0. The van der Waals surface area contributed by atoms with Gasteiger partial charge in [0.05, 0.1) is 5.75 Å². The number of carbonyl (C=O) groups is 1. The molecule has 0 spiro atoms. The summed E-state index contributed by atoms with van der Waals surface area (Å²) in [5.41, 5.74) is 1.79. The molecule has 2 heterocycles. The van der Waals surface area contributed by atoms with Crippen LogP contribution in [0.1, 0.15) is 19.4 Å². The Morgan fingerprint density at radius 2 is 1.86 bits per heavy atom. The van der Waals surface area contributed by atoms with Gasteiger partial charge in [0.2, 0.25) is 5.91 Å². The molecule has 0 saturated heterocycles. The molecule has 1 amide bonds. The van der Waals surface area contributed by atoms with E-state index in [-0.39, 0.29) is 17.5 Å². The first-order chi connectivity index (χ1) is 13.5. The second-order valence-electron chi connectivity index (χ2n) is 6.74. The molecular weight excluding hydrogens is 377 g/mol. The molecule has 28 heavy (non-hydrogen) atoms. The monoisotopic (exact) mass is 399 g/mol. The van der Waals surface area contributed by atoms with E-state index in [0.29, 0.717) is 17.6 Å². The standard InChI is InChI=1S/C20H22FN5OS/c1-14(2)12-26-19(16-7-9-22-10-8-16)24-25-20(26)28-13-18(27)23-11-15-3-5-17(21)6-4-15/h3-10,14H,11-13H2,1-2H3,(H,23,27). The number of benzene rings is 1. The zero-order valence-electron chi connectivity index (χ0n) is 15.8. The fraction of sp³-hybridized carbons (Fsp3) is 0.300. The second-order valence-corrected chi connectivity index (χ2v) is 7.68. The van der Waals surface area contributed by atoms with Gasteiger partial charge in [-0.05, 0) is 35.7 Å². The molecular formula is C20H22FN5OS. The average Bonchev–Trinajstić information content (AvgIpc) is 3.08. The van der Waals surface area contributed by atoms with Gasteiger partial charge in [0.1, 0.15) is 5.82 Å². The summed E-state index contributed by atoms with van der Waals surface area (Å²) in [6.45, 7) is 5.37. The maximum Gasteiger partial charge on any atom is 0.230 e. The van der Waals surface area contributed by atoms with Crippen molar-refractivity contribution < 1.29 is 9.18 Å². The molecule has 1 N–H and O–H groups in total. The number of pyridine rings is 1. The highest BCUT2D eigenvalue weighted by atomic mass is 32.2. The van der Waals surface area contributed by atoms with E-state index < -0.39 is 0 Å². The third-order valence-corrected chi connectivity index (χ3v) is 4.91. The van der Waals surface area contributed by atoms with E-state index in [2.05, 4.69) is 34.3 Å². The van der Waals surface area contributed by atoms with Gasteiger partial charge in [-0.15, -0.1) is 10.2 Å². The number of hydrogen-bond acceptors (Lipinski definition) is 5. The molecule has 0 aliphatic heterocycles. The van der Waals surface area contributed by atoms with Crippen molar-refractivity contribution >= 4 is 17.7 Å². The lowest BCUT2D eigenvalue weighted by Crippen LogP contribution is -2.24. The number of thioether (sulfide) groups is 1. The zero-order chi connectivity index (χ0) is 19.9. The van der Waals surface area contributed by atoms with Gasteiger partial charge in [0.15, 0.2) is 11.0 Å². The second kappa shape index (κ2) is 9.45. The maximum absolute atomic E-state index is 12.9. The van der Waals surface area contributed by atoms with Gasteiger partial charge < -0.3 is 9.88 Å². The highest BCUT2D eigenvalue weighted by molar-refractivity contribution is 7.99.